The van der Waals surface area contributed by atoms with Gasteiger partial charge in [-0.15, -0.1) is 0 Å². The molecule has 0 saturated carbocycles. The van der Waals surface area contributed by atoms with Crippen LogP contribution in [0.4, 0.5) is 5.82 Å². The zero-order valence-corrected chi connectivity index (χ0v) is 12.0. The second-order valence-corrected chi connectivity index (χ2v) is 5.60. The number of halogens is 1. The molecule has 1 aromatic rings. The maximum Gasteiger partial charge on any atom is 0.131 e. The van der Waals surface area contributed by atoms with Crippen LogP contribution in [0.2, 0.25) is 0 Å². The fourth-order valence-electron chi connectivity index (χ4n) is 2.41. The van der Waals surface area contributed by atoms with Gasteiger partial charge in [0, 0.05) is 37.5 Å². The normalized spacial score (nSPS) is 17.5. The van der Waals surface area contributed by atoms with Crippen LogP contribution in [0, 0.1) is 12.8 Å². The molecule has 3 nitrogen and oxygen atoms in total. The lowest BCUT2D eigenvalue weighted by molar-refractivity contribution is 0.139. The number of ether oxygens (including phenoxy) is 1. The van der Waals surface area contributed by atoms with Gasteiger partial charge < -0.3 is 9.64 Å². The molecule has 2 heterocycles. The summed E-state index contributed by atoms with van der Waals surface area (Å²) in [6.07, 6.45) is 4.28. The molecule has 0 amide bonds. The Labute approximate surface area is 111 Å². The molecule has 0 atom stereocenters. The highest BCUT2D eigenvalue weighted by atomic mass is 79.9. The Hall–Kier alpha value is -0.610. The van der Waals surface area contributed by atoms with Crippen LogP contribution in [0.1, 0.15) is 18.4 Å². The summed E-state index contributed by atoms with van der Waals surface area (Å²) in [5.41, 5.74) is 1.24. The average Bonchev–Trinajstić information content (AvgIpc) is 2.31. The molecule has 1 fully saturated rings. The van der Waals surface area contributed by atoms with E-state index in [4.69, 9.17) is 4.74 Å². The van der Waals surface area contributed by atoms with Crippen molar-refractivity contribution in [2.45, 2.75) is 19.8 Å². The van der Waals surface area contributed by atoms with Crippen molar-refractivity contribution in [2.24, 2.45) is 5.92 Å². The summed E-state index contributed by atoms with van der Waals surface area (Å²) in [5.74, 6) is 1.84. The van der Waals surface area contributed by atoms with Crippen LogP contribution in [0.25, 0.3) is 0 Å². The van der Waals surface area contributed by atoms with Crippen LogP contribution in [0.15, 0.2) is 16.7 Å². The molecular weight excluding hydrogens is 280 g/mol. The van der Waals surface area contributed by atoms with Gasteiger partial charge in [-0.1, -0.05) is 0 Å². The Morgan fingerprint density at radius 1 is 1.47 bits per heavy atom. The van der Waals surface area contributed by atoms with Crippen LogP contribution < -0.4 is 4.90 Å². The predicted octanol–water partition coefficient (Wildman–Crippen LogP) is 3.02. The number of nitrogens with zero attached hydrogens (tertiary/aromatic N) is 2. The van der Waals surface area contributed by atoms with Crippen LogP contribution in [-0.4, -0.2) is 31.8 Å². The first-order valence-corrected chi connectivity index (χ1v) is 6.86. The molecule has 1 aliphatic heterocycles. The average molecular weight is 299 g/mol. The van der Waals surface area contributed by atoms with Crippen molar-refractivity contribution in [1.29, 1.82) is 0 Å². The first-order valence-electron chi connectivity index (χ1n) is 6.06. The lowest BCUT2D eigenvalue weighted by Crippen LogP contribution is -2.35. The van der Waals surface area contributed by atoms with Crippen molar-refractivity contribution in [3.8, 4) is 0 Å². The molecule has 0 radical (unpaired) electrons. The van der Waals surface area contributed by atoms with Crippen molar-refractivity contribution in [1.82, 2.24) is 4.98 Å². The summed E-state index contributed by atoms with van der Waals surface area (Å²) in [6, 6.07) is 2.13. The van der Waals surface area contributed by atoms with E-state index in [1.54, 1.807) is 7.11 Å². The number of hydrogen-bond donors (Lipinski definition) is 0. The number of aryl methyl sites for hydroxylation is 1. The molecule has 1 aromatic heterocycles. The molecule has 94 valence electrons. The number of aromatic nitrogens is 1. The van der Waals surface area contributed by atoms with E-state index in [0.29, 0.717) is 5.92 Å². The van der Waals surface area contributed by atoms with E-state index in [0.717, 1.165) is 30.0 Å². The van der Waals surface area contributed by atoms with Crippen LogP contribution >= 0.6 is 15.9 Å². The Bertz CT molecular complexity index is 376. The first-order chi connectivity index (χ1) is 8.20. The Kier molecular flexibility index (Phi) is 4.40. The molecule has 0 spiro atoms. The maximum atomic E-state index is 5.22. The van der Waals surface area contributed by atoms with Gasteiger partial charge in [0.1, 0.15) is 5.82 Å². The van der Waals surface area contributed by atoms with E-state index in [1.807, 2.05) is 6.20 Å². The zero-order chi connectivity index (χ0) is 12.3. The predicted molar refractivity (Wildman–Crippen MR) is 73.5 cm³/mol. The quantitative estimate of drug-likeness (QED) is 0.858. The van der Waals surface area contributed by atoms with Gasteiger partial charge in [-0.25, -0.2) is 4.98 Å². The molecule has 2 rings (SSSR count). The van der Waals surface area contributed by atoms with Gasteiger partial charge in [-0.2, -0.15) is 0 Å². The van der Waals surface area contributed by atoms with Gasteiger partial charge >= 0.3 is 0 Å². The van der Waals surface area contributed by atoms with Crippen LogP contribution in [0.5, 0.6) is 0 Å². The van der Waals surface area contributed by atoms with E-state index in [-0.39, 0.29) is 0 Å². The van der Waals surface area contributed by atoms with Crippen molar-refractivity contribution in [3.63, 3.8) is 0 Å². The van der Waals surface area contributed by atoms with E-state index in [2.05, 4.69) is 38.8 Å². The summed E-state index contributed by atoms with van der Waals surface area (Å²) in [6.45, 7) is 5.18. The molecule has 17 heavy (non-hydrogen) atoms. The second-order valence-electron chi connectivity index (χ2n) is 4.68. The van der Waals surface area contributed by atoms with Crippen molar-refractivity contribution in [2.75, 3.05) is 31.7 Å². The van der Waals surface area contributed by atoms with Gasteiger partial charge in [0.2, 0.25) is 0 Å². The molecule has 0 bridgehead atoms. The Morgan fingerprint density at radius 3 is 2.76 bits per heavy atom. The maximum absolute atomic E-state index is 5.22. The lowest BCUT2D eigenvalue weighted by Gasteiger charge is -2.33. The highest BCUT2D eigenvalue weighted by molar-refractivity contribution is 9.10. The molecule has 0 aliphatic carbocycles. The highest BCUT2D eigenvalue weighted by Gasteiger charge is 2.20. The van der Waals surface area contributed by atoms with Crippen LogP contribution in [0.3, 0.4) is 0 Å². The van der Waals surface area contributed by atoms with Gasteiger partial charge in [0.05, 0.1) is 0 Å². The number of rotatable bonds is 3. The number of piperidine rings is 1. The third-order valence-electron chi connectivity index (χ3n) is 3.33. The molecule has 0 unspecified atom stereocenters. The van der Waals surface area contributed by atoms with E-state index >= 15 is 0 Å². The number of anilines is 1. The second kappa shape index (κ2) is 5.83. The smallest absolute Gasteiger partial charge is 0.131 e. The summed E-state index contributed by atoms with van der Waals surface area (Å²) in [4.78, 5) is 6.90. The summed E-state index contributed by atoms with van der Waals surface area (Å²) in [7, 11) is 1.78. The Morgan fingerprint density at radius 2 is 2.18 bits per heavy atom. The minimum Gasteiger partial charge on any atom is -0.384 e. The third kappa shape index (κ3) is 3.19. The first kappa shape index (κ1) is 12.8. The third-order valence-corrected chi connectivity index (χ3v) is 3.77. The molecular formula is C13H19BrN2O. The molecule has 1 saturated heterocycles. The number of hydrogen-bond acceptors (Lipinski definition) is 3. The van der Waals surface area contributed by atoms with Gasteiger partial charge in [-0.05, 0) is 53.2 Å². The molecule has 4 heteroatoms. The standard InChI is InChI=1S/C13H19BrN2O/c1-10-7-12(14)8-15-13(10)16-5-3-11(4-6-16)9-17-2/h7-8,11H,3-6,9H2,1-2H3. The minimum atomic E-state index is 0.715. The van der Waals surface area contributed by atoms with Crippen LogP contribution in [-0.2, 0) is 4.74 Å². The van der Waals surface area contributed by atoms with Crippen molar-refractivity contribution < 1.29 is 4.74 Å². The lowest BCUT2D eigenvalue weighted by atomic mass is 9.97. The SMILES string of the molecule is COCC1CCN(c2ncc(Br)cc2C)CC1. The van der Waals surface area contributed by atoms with E-state index < -0.39 is 0 Å². The monoisotopic (exact) mass is 298 g/mol. The van der Waals surface area contributed by atoms with E-state index in [1.165, 1.54) is 18.4 Å². The zero-order valence-electron chi connectivity index (χ0n) is 10.4. The Balaban J connectivity index is 2.00. The number of methoxy groups -OCH3 is 1. The molecule has 1 aliphatic rings. The van der Waals surface area contributed by atoms with Gasteiger partial charge in [0.15, 0.2) is 0 Å². The topological polar surface area (TPSA) is 25.4 Å². The largest absolute Gasteiger partial charge is 0.384 e. The van der Waals surface area contributed by atoms with E-state index in [9.17, 15) is 0 Å². The summed E-state index contributed by atoms with van der Waals surface area (Å²) >= 11 is 3.45. The fourth-order valence-corrected chi connectivity index (χ4v) is 2.86. The van der Waals surface area contributed by atoms with Crippen molar-refractivity contribution >= 4 is 21.7 Å². The fraction of sp³-hybridized carbons (Fsp3) is 0.615. The van der Waals surface area contributed by atoms with Gasteiger partial charge in [-0.3, -0.25) is 0 Å². The molecule has 0 N–H and O–H groups in total. The highest BCUT2D eigenvalue weighted by Crippen LogP contribution is 2.25. The van der Waals surface area contributed by atoms with Crippen molar-refractivity contribution in [3.05, 3.63) is 22.3 Å². The summed E-state index contributed by atoms with van der Waals surface area (Å²) < 4.78 is 6.27. The molecule has 0 aromatic carbocycles. The summed E-state index contributed by atoms with van der Waals surface area (Å²) in [5, 5.41) is 0. The minimum absolute atomic E-state index is 0.715. The van der Waals surface area contributed by atoms with Gasteiger partial charge in [0.25, 0.3) is 0 Å². The number of pyridine rings is 1.